The Hall–Kier alpha value is -2.63. The zero-order valence-electron chi connectivity index (χ0n) is 16.6. The molecule has 2 aliphatic rings. The fourth-order valence-corrected chi connectivity index (χ4v) is 4.91. The number of ether oxygens (including phenoxy) is 1. The highest BCUT2D eigenvalue weighted by Crippen LogP contribution is 2.44. The number of benzene rings is 1. The van der Waals surface area contributed by atoms with E-state index in [1.54, 1.807) is 18.3 Å². The van der Waals surface area contributed by atoms with Crippen LogP contribution < -0.4 is 9.64 Å². The summed E-state index contributed by atoms with van der Waals surface area (Å²) in [6.45, 7) is 5.12. The maximum absolute atomic E-state index is 13.4. The Balaban J connectivity index is 1.67. The van der Waals surface area contributed by atoms with E-state index in [0.29, 0.717) is 11.4 Å². The summed E-state index contributed by atoms with van der Waals surface area (Å²) < 4.78 is 18.7. The van der Waals surface area contributed by atoms with Gasteiger partial charge in [-0.15, -0.1) is 0 Å². The minimum Gasteiger partial charge on any atom is -0.480 e. The van der Waals surface area contributed by atoms with E-state index in [1.807, 2.05) is 17.0 Å². The first-order chi connectivity index (χ1) is 13.4. The third-order valence-corrected chi connectivity index (χ3v) is 6.00. The van der Waals surface area contributed by atoms with Crippen molar-refractivity contribution in [2.45, 2.75) is 50.7 Å². The van der Waals surface area contributed by atoms with Gasteiger partial charge in [0, 0.05) is 24.0 Å². The van der Waals surface area contributed by atoms with Crippen LogP contribution in [0.15, 0.2) is 42.6 Å². The van der Waals surface area contributed by atoms with Gasteiger partial charge in [-0.05, 0) is 69.5 Å². The number of piperidine rings is 1. The number of carbonyl (C=O) groups is 1. The van der Waals surface area contributed by atoms with Gasteiger partial charge in [-0.2, -0.15) is 0 Å². The number of methoxy groups -OCH3 is 1. The Morgan fingerprint density at radius 2 is 1.96 bits per heavy atom. The van der Waals surface area contributed by atoms with Crippen molar-refractivity contribution < 1.29 is 13.9 Å². The van der Waals surface area contributed by atoms with Gasteiger partial charge in [0.25, 0.3) is 5.91 Å². The van der Waals surface area contributed by atoms with Crippen LogP contribution >= 0.6 is 0 Å². The molecule has 6 heteroatoms. The second-order valence-corrected chi connectivity index (χ2v) is 8.20. The number of nitrogens with zero attached hydrogens (tertiary/aromatic N) is 3. The molecule has 3 heterocycles. The molecule has 0 unspecified atom stereocenters. The van der Waals surface area contributed by atoms with E-state index in [9.17, 15) is 9.18 Å². The first-order valence-corrected chi connectivity index (χ1v) is 9.77. The van der Waals surface area contributed by atoms with E-state index < -0.39 is 0 Å². The van der Waals surface area contributed by atoms with E-state index in [-0.39, 0.29) is 29.3 Å². The molecule has 0 radical (unpaired) electrons. The molecule has 2 fully saturated rings. The third kappa shape index (κ3) is 3.11. The summed E-state index contributed by atoms with van der Waals surface area (Å²) in [6, 6.07) is 10.5. The van der Waals surface area contributed by atoms with E-state index in [1.165, 1.54) is 19.2 Å². The zero-order chi connectivity index (χ0) is 19.9. The molecule has 28 heavy (non-hydrogen) atoms. The second-order valence-electron chi connectivity index (χ2n) is 8.20. The lowest BCUT2D eigenvalue weighted by Gasteiger charge is -2.42. The molecular formula is C22H26FN3O2. The van der Waals surface area contributed by atoms with Crippen molar-refractivity contribution in [2.75, 3.05) is 18.6 Å². The number of aromatic nitrogens is 1. The molecule has 0 N–H and O–H groups in total. The summed E-state index contributed by atoms with van der Waals surface area (Å²) in [4.78, 5) is 21.9. The minimum atomic E-state index is -0.235. The molecule has 5 nitrogen and oxygen atoms in total. The van der Waals surface area contributed by atoms with Crippen LogP contribution in [0.25, 0.3) is 0 Å². The van der Waals surface area contributed by atoms with Crippen molar-refractivity contribution in [3.8, 4) is 5.88 Å². The second kappa shape index (κ2) is 7.08. The molecular weight excluding hydrogens is 357 g/mol. The molecule has 4 rings (SSSR count). The number of amides is 1. The highest BCUT2D eigenvalue weighted by molar-refractivity contribution is 5.96. The molecule has 2 aromatic rings. The monoisotopic (exact) mass is 383 g/mol. The number of hydrogen-bond acceptors (Lipinski definition) is 4. The summed E-state index contributed by atoms with van der Waals surface area (Å²) in [5.74, 6) is 0.0973. The van der Waals surface area contributed by atoms with Crippen molar-refractivity contribution in [2.24, 2.45) is 0 Å². The molecule has 1 aromatic carbocycles. The number of pyridine rings is 1. The first-order valence-electron chi connectivity index (χ1n) is 9.77. The van der Waals surface area contributed by atoms with E-state index in [0.717, 1.165) is 31.5 Å². The number of hydrogen-bond donors (Lipinski definition) is 0. The summed E-state index contributed by atoms with van der Waals surface area (Å²) in [5, 5.41) is 0. The number of carbonyl (C=O) groups excluding carboxylic acids is 1. The summed E-state index contributed by atoms with van der Waals surface area (Å²) >= 11 is 0. The van der Waals surface area contributed by atoms with Gasteiger partial charge >= 0.3 is 0 Å². The molecule has 148 valence electrons. The first kappa shape index (κ1) is 18.7. The number of halogens is 1. The summed E-state index contributed by atoms with van der Waals surface area (Å²) in [6.07, 6.45) is 4.44. The SMILES string of the molecule is COc1ncccc1C(=O)N1CCC[C@H]2[C@@H]1CC(C)(C)N2c1ccc(F)cc1. The maximum atomic E-state index is 13.4. The molecule has 0 spiro atoms. The third-order valence-electron chi connectivity index (χ3n) is 6.00. The molecule has 1 aromatic heterocycles. The molecule has 2 aliphatic heterocycles. The van der Waals surface area contributed by atoms with Crippen LogP contribution in [0.1, 0.15) is 43.5 Å². The Kier molecular flexibility index (Phi) is 4.73. The van der Waals surface area contributed by atoms with Crippen LogP contribution in [0, 0.1) is 5.82 Å². The normalized spacial score (nSPS) is 23.4. The summed E-state index contributed by atoms with van der Waals surface area (Å²) in [7, 11) is 1.53. The van der Waals surface area contributed by atoms with Gasteiger partial charge in [-0.1, -0.05) is 0 Å². The molecule has 0 bridgehead atoms. The summed E-state index contributed by atoms with van der Waals surface area (Å²) in [5.41, 5.74) is 1.38. The average Bonchev–Trinajstić information content (AvgIpc) is 2.98. The fourth-order valence-electron chi connectivity index (χ4n) is 4.91. The van der Waals surface area contributed by atoms with Crippen LogP contribution in [-0.2, 0) is 0 Å². The molecule has 0 saturated carbocycles. The Labute approximate surface area is 165 Å². The van der Waals surface area contributed by atoms with Crippen LogP contribution in [0.3, 0.4) is 0 Å². The number of anilines is 1. The van der Waals surface area contributed by atoms with Crippen LogP contribution in [0.4, 0.5) is 10.1 Å². The van der Waals surface area contributed by atoms with Crippen molar-refractivity contribution in [1.29, 1.82) is 0 Å². The lowest BCUT2D eigenvalue weighted by atomic mass is 9.93. The molecule has 2 atom stereocenters. The largest absolute Gasteiger partial charge is 0.480 e. The van der Waals surface area contributed by atoms with Gasteiger partial charge < -0.3 is 14.5 Å². The van der Waals surface area contributed by atoms with Gasteiger partial charge in [0.1, 0.15) is 11.4 Å². The average molecular weight is 383 g/mol. The predicted molar refractivity (Wildman–Crippen MR) is 106 cm³/mol. The number of fused-ring (bicyclic) bond motifs is 1. The van der Waals surface area contributed by atoms with Crippen molar-refractivity contribution in [3.05, 3.63) is 54.0 Å². The Morgan fingerprint density at radius 1 is 1.21 bits per heavy atom. The fraction of sp³-hybridized carbons (Fsp3) is 0.455. The number of likely N-dealkylation sites (tertiary alicyclic amines) is 1. The van der Waals surface area contributed by atoms with E-state index in [4.69, 9.17) is 4.74 Å². The van der Waals surface area contributed by atoms with Gasteiger partial charge in [-0.3, -0.25) is 4.79 Å². The molecule has 2 saturated heterocycles. The zero-order valence-corrected chi connectivity index (χ0v) is 16.6. The van der Waals surface area contributed by atoms with Crippen LogP contribution in [-0.4, -0.2) is 47.1 Å². The van der Waals surface area contributed by atoms with Crippen LogP contribution in [0.5, 0.6) is 5.88 Å². The Bertz CT molecular complexity index is 868. The van der Waals surface area contributed by atoms with E-state index in [2.05, 4.69) is 23.7 Å². The molecule has 1 amide bonds. The smallest absolute Gasteiger partial charge is 0.259 e. The van der Waals surface area contributed by atoms with Crippen molar-refractivity contribution in [1.82, 2.24) is 9.88 Å². The maximum Gasteiger partial charge on any atom is 0.259 e. The highest BCUT2D eigenvalue weighted by Gasteiger charge is 2.50. The number of rotatable bonds is 3. The Morgan fingerprint density at radius 3 is 2.68 bits per heavy atom. The van der Waals surface area contributed by atoms with Crippen molar-refractivity contribution in [3.63, 3.8) is 0 Å². The van der Waals surface area contributed by atoms with Crippen molar-refractivity contribution >= 4 is 11.6 Å². The van der Waals surface area contributed by atoms with Crippen LogP contribution in [0.2, 0.25) is 0 Å². The van der Waals surface area contributed by atoms with Gasteiger partial charge in [0.05, 0.1) is 19.2 Å². The minimum absolute atomic E-state index is 0.0311. The lowest BCUT2D eigenvalue weighted by molar-refractivity contribution is 0.0601. The molecule has 0 aliphatic carbocycles. The highest BCUT2D eigenvalue weighted by atomic mass is 19.1. The predicted octanol–water partition coefficient (Wildman–Crippen LogP) is 3.89. The van der Waals surface area contributed by atoms with E-state index >= 15 is 0 Å². The quantitative estimate of drug-likeness (QED) is 0.807. The van der Waals surface area contributed by atoms with Gasteiger partial charge in [-0.25, -0.2) is 9.37 Å². The lowest BCUT2D eigenvalue weighted by Crippen LogP contribution is -2.53. The topological polar surface area (TPSA) is 45.7 Å². The van der Waals surface area contributed by atoms with Gasteiger partial charge in [0.2, 0.25) is 5.88 Å². The standard InChI is InChI=1S/C22H26FN3O2/c1-22(2)14-19-18(26(22)16-10-8-15(23)9-11-16)7-5-13-25(19)21(27)17-6-4-12-24-20(17)28-3/h4,6,8-12,18-19H,5,7,13-14H2,1-3H3/t18-,19-/m0/s1. The van der Waals surface area contributed by atoms with Gasteiger partial charge in [0.15, 0.2) is 0 Å².